The van der Waals surface area contributed by atoms with E-state index in [2.05, 4.69) is 92.6 Å². The van der Waals surface area contributed by atoms with Crippen LogP contribution in [0, 0.1) is 23.7 Å². The smallest absolute Gasteiger partial charge is 0.248 e. The van der Waals surface area contributed by atoms with E-state index in [0.717, 1.165) is 77.4 Å². The van der Waals surface area contributed by atoms with Crippen LogP contribution in [0.15, 0.2) is 54.6 Å². The Morgan fingerprint density at radius 2 is 0.811 bits per heavy atom. The fourth-order valence-electron chi connectivity index (χ4n) is 15.0. The van der Waals surface area contributed by atoms with Crippen molar-refractivity contribution >= 4 is 17.7 Å². The molecule has 5 saturated heterocycles. The molecule has 0 spiro atoms. The van der Waals surface area contributed by atoms with E-state index in [1.165, 1.54) is 91.4 Å². The van der Waals surface area contributed by atoms with Crippen molar-refractivity contribution in [1.29, 1.82) is 0 Å². The topological polar surface area (TPSA) is 157 Å². The van der Waals surface area contributed by atoms with Crippen molar-refractivity contribution < 1.29 is 23.9 Å². The molecule has 0 radical (unpaired) electrons. The molecule has 11 atom stereocenters. The minimum atomic E-state index is -0.327. The average Bonchev–Trinajstić information content (AvgIpc) is 3.72. The second kappa shape index (κ2) is 23.2. The third-order valence-corrected chi connectivity index (χ3v) is 20.3. The van der Waals surface area contributed by atoms with Gasteiger partial charge in [0.15, 0.2) is 0 Å². The van der Waals surface area contributed by atoms with E-state index in [4.69, 9.17) is 26.7 Å². The highest BCUT2D eigenvalue weighted by molar-refractivity contribution is 5.94. The van der Waals surface area contributed by atoms with Gasteiger partial charge in [0.2, 0.25) is 17.7 Å². The first kappa shape index (κ1) is 59.1. The molecule has 410 valence electrons. The maximum Gasteiger partial charge on any atom is 0.248 e. The van der Waals surface area contributed by atoms with Crippen molar-refractivity contribution in [1.82, 2.24) is 14.7 Å². The second-order valence-corrected chi connectivity index (χ2v) is 24.1. The van der Waals surface area contributed by atoms with Gasteiger partial charge in [-0.1, -0.05) is 89.4 Å². The molecule has 74 heavy (non-hydrogen) atoms. The number of benzene rings is 3. The van der Waals surface area contributed by atoms with Crippen LogP contribution >= 0.6 is 0 Å². The summed E-state index contributed by atoms with van der Waals surface area (Å²) in [7, 11) is 0. The molecule has 1 saturated carbocycles. The molecule has 6 fully saturated rings. The monoisotopic (exact) mass is 1020 g/mol. The quantitative estimate of drug-likeness (QED) is 0.191. The van der Waals surface area contributed by atoms with Crippen LogP contribution < -0.4 is 17.2 Å². The summed E-state index contributed by atoms with van der Waals surface area (Å²) in [5, 5.41) is 0. The molecule has 6 bridgehead atoms. The van der Waals surface area contributed by atoms with Gasteiger partial charge in [0, 0.05) is 67.7 Å². The fourth-order valence-corrected chi connectivity index (χ4v) is 15.0. The van der Waals surface area contributed by atoms with Gasteiger partial charge in [0.1, 0.15) is 0 Å². The third-order valence-electron chi connectivity index (χ3n) is 20.3. The first-order chi connectivity index (χ1) is 33.5. The molecule has 12 rings (SSSR count). The average molecular weight is 1020 g/mol. The molecule has 5 aliphatic heterocycles. The van der Waals surface area contributed by atoms with Gasteiger partial charge in [0.25, 0.3) is 0 Å². The number of nitrogens with two attached hydrogens (primary N) is 3. The number of rotatable bonds is 9. The van der Waals surface area contributed by atoms with E-state index >= 15 is 0 Å². The Bertz CT molecular complexity index is 2350. The zero-order chi connectivity index (χ0) is 49.3. The van der Waals surface area contributed by atoms with Gasteiger partial charge in [-0.25, -0.2) is 0 Å². The standard InChI is InChI=1S/2C20H28N2O2.C19H26N2O.4CH4/c2*1-13-18-11-14-5-6-15(19(21)23)10-17(14)20(13,2)7-8-22(18)12-16-4-3-9-24-16;1-12-17-10-14-5-6-15(18(20)22)9-16(14)19(12,2)7-8-21(17)11-13-3-4-13;;;;/h2*5-6,10,13,16,18H,3-4,7-9,11-12H2,1-2H3,(H2,21,23);5-6,9,12-13,17H,3-4,7-8,10-11H2,1-2H3,(H2,20,22);4*1H4/t13-,16+,18+,20+;13-,16-,18+,20+;12-,17+,19+;;;;/m000..../s1. The van der Waals surface area contributed by atoms with Crippen LogP contribution in [0.3, 0.4) is 0 Å². The molecule has 3 aromatic rings. The number of piperidine rings is 3. The van der Waals surface area contributed by atoms with Crippen LogP contribution in [0.5, 0.6) is 0 Å². The van der Waals surface area contributed by atoms with Crippen LogP contribution in [0.1, 0.15) is 193 Å². The first-order valence-corrected chi connectivity index (χ1v) is 27.2. The molecule has 3 amide bonds. The van der Waals surface area contributed by atoms with Gasteiger partial charge in [-0.15, -0.1) is 0 Å². The van der Waals surface area contributed by atoms with Crippen LogP contribution in [0.2, 0.25) is 0 Å². The molecule has 11 heteroatoms. The molecule has 11 nitrogen and oxygen atoms in total. The van der Waals surface area contributed by atoms with Gasteiger partial charge in [-0.3, -0.25) is 29.1 Å². The number of fused-ring (bicyclic) bond motifs is 12. The molecule has 6 N–H and O–H groups in total. The Morgan fingerprint density at radius 1 is 0.500 bits per heavy atom. The van der Waals surface area contributed by atoms with Crippen LogP contribution in [-0.4, -0.2) is 115 Å². The largest absolute Gasteiger partial charge is 0.377 e. The predicted octanol–water partition coefficient (Wildman–Crippen LogP) is 10.2. The van der Waals surface area contributed by atoms with Crippen molar-refractivity contribution in [2.24, 2.45) is 40.9 Å². The lowest BCUT2D eigenvalue weighted by atomic mass is 9.59. The van der Waals surface area contributed by atoms with Gasteiger partial charge >= 0.3 is 0 Å². The van der Waals surface area contributed by atoms with Crippen molar-refractivity contribution in [3.63, 3.8) is 0 Å². The number of likely N-dealkylation sites (tertiary alicyclic amines) is 3. The summed E-state index contributed by atoms with van der Waals surface area (Å²) in [5.41, 5.74) is 27.2. The number of hydrogen-bond acceptors (Lipinski definition) is 8. The molecule has 5 heterocycles. The summed E-state index contributed by atoms with van der Waals surface area (Å²) in [6.07, 6.45) is 15.2. The van der Waals surface area contributed by atoms with Gasteiger partial charge in [-0.05, 0) is 206 Å². The lowest BCUT2D eigenvalue weighted by molar-refractivity contribution is -0.00667. The number of amides is 3. The summed E-state index contributed by atoms with van der Waals surface area (Å²) in [6.45, 7) is 23.0. The summed E-state index contributed by atoms with van der Waals surface area (Å²) in [4.78, 5) is 42.8. The maximum atomic E-state index is 11.6. The van der Waals surface area contributed by atoms with E-state index in [1.54, 1.807) is 0 Å². The molecule has 9 aliphatic rings. The Labute approximate surface area is 447 Å². The minimum absolute atomic E-state index is 0. The maximum absolute atomic E-state index is 11.6. The number of nitrogens with zero attached hydrogens (tertiary/aromatic N) is 3. The third kappa shape index (κ3) is 11.0. The number of carbonyl (C=O) groups excluding carboxylic acids is 3. The van der Waals surface area contributed by atoms with E-state index in [1.807, 2.05) is 18.2 Å². The highest BCUT2D eigenvalue weighted by Gasteiger charge is 2.52. The number of hydrogen-bond donors (Lipinski definition) is 3. The summed E-state index contributed by atoms with van der Waals surface area (Å²) in [6, 6.07) is 20.1. The van der Waals surface area contributed by atoms with Gasteiger partial charge in [-0.2, -0.15) is 0 Å². The van der Waals surface area contributed by atoms with Gasteiger partial charge < -0.3 is 26.7 Å². The molecule has 0 unspecified atom stereocenters. The molecular formula is C63H98N6O5. The van der Waals surface area contributed by atoms with E-state index in [0.29, 0.717) is 64.8 Å². The summed E-state index contributed by atoms with van der Waals surface area (Å²) >= 11 is 0. The fraction of sp³-hybridized carbons (Fsp3) is 0.667. The highest BCUT2D eigenvalue weighted by Crippen LogP contribution is 2.52. The van der Waals surface area contributed by atoms with Crippen molar-refractivity contribution in [3.05, 3.63) is 105 Å². The van der Waals surface area contributed by atoms with E-state index in [-0.39, 0.29) is 63.7 Å². The van der Waals surface area contributed by atoms with E-state index < -0.39 is 0 Å². The molecular weight excluding hydrogens is 921 g/mol. The van der Waals surface area contributed by atoms with Crippen LogP contribution in [0.4, 0.5) is 0 Å². The van der Waals surface area contributed by atoms with E-state index in [9.17, 15) is 14.4 Å². The van der Waals surface area contributed by atoms with Crippen LogP contribution in [-0.2, 0) is 45.0 Å². The number of ether oxygens (including phenoxy) is 2. The Morgan fingerprint density at radius 3 is 1.08 bits per heavy atom. The Balaban J connectivity index is 0.000000176. The van der Waals surface area contributed by atoms with Crippen molar-refractivity contribution in [3.8, 4) is 0 Å². The number of primary amides is 3. The molecule has 3 aromatic carbocycles. The summed E-state index contributed by atoms with van der Waals surface area (Å²) in [5.74, 6) is 1.77. The summed E-state index contributed by atoms with van der Waals surface area (Å²) < 4.78 is 11.7. The molecule has 4 aliphatic carbocycles. The predicted molar refractivity (Wildman–Crippen MR) is 303 cm³/mol. The molecule has 0 aromatic heterocycles. The SMILES string of the molecule is C.C.C.C.C[C@H]1[C@H]2Cc3ccc(C(N)=O)cc3[C@]1(C)CCN2CC1CC1.C[C@H]1[C@H]2Cc3ccc(C(N)=O)cc3[C@]1(C)CCN2C[C@@H]1CCCO1.C[C@H]1[C@H]2Cc3ccc(C(N)=O)cc3[C@]1(C)CCN2C[C@H]1CCCO1. The minimum Gasteiger partial charge on any atom is -0.377 e. The second-order valence-electron chi connectivity index (χ2n) is 24.1. The highest BCUT2D eigenvalue weighted by atomic mass is 16.5. The van der Waals surface area contributed by atoms with Crippen molar-refractivity contribution in [2.75, 3.05) is 52.5 Å². The zero-order valence-corrected chi connectivity index (χ0v) is 43.1. The lowest BCUT2D eigenvalue weighted by Crippen LogP contribution is -2.59. The Kier molecular flexibility index (Phi) is 18.6. The first-order valence-electron chi connectivity index (χ1n) is 27.2. The van der Waals surface area contributed by atoms with Gasteiger partial charge in [0.05, 0.1) is 12.2 Å². The normalized spacial score (nSPS) is 33.3. The Hall–Kier alpha value is -4.13. The van der Waals surface area contributed by atoms with Crippen molar-refractivity contribution in [2.45, 2.75) is 195 Å². The lowest BCUT2D eigenvalue weighted by Gasteiger charge is -2.55. The zero-order valence-electron chi connectivity index (χ0n) is 43.1. The van der Waals surface area contributed by atoms with Crippen LogP contribution in [0.25, 0.3) is 0 Å². The number of carbonyl (C=O) groups is 3.